The Hall–Kier alpha value is 0.471. The molecule has 2 atom stereocenters. The molecule has 2 unspecified atom stereocenters. The van der Waals surface area contributed by atoms with Gasteiger partial charge in [0.2, 0.25) is 0 Å². The van der Waals surface area contributed by atoms with Crippen LogP contribution in [-0.4, -0.2) is 7.63 Å². The van der Waals surface area contributed by atoms with E-state index in [1.54, 1.807) is 18.9 Å². The van der Waals surface area contributed by atoms with E-state index in [1.807, 2.05) is 0 Å². The van der Waals surface area contributed by atoms with Gasteiger partial charge >= 0.3 is 115 Å². The van der Waals surface area contributed by atoms with Crippen LogP contribution >= 0.6 is 24.8 Å². The predicted octanol–water partition coefficient (Wildman–Crippen LogP) is 5.12. The van der Waals surface area contributed by atoms with Gasteiger partial charge in [-0.05, 0) is 0 Å². The van der Waals surface area contributed by atoms with Crippen LogP contribution in [0.25, 0.3) is 0 Å². The van der Waals surface area contributed by atoms with Crippen LogP contribution in [0.4, 0.5) is 0 Å². The fraction of sp³-hybridized carbons (Fsp3) is 0.500. The van der Waals surface area contributed by atoms with Crippen LogP contribution in [-0.2, 0) is 14.0 Å². The van der Waals surface area contributed by atoms with Crippen molar-refractivity contribution < 1.29 is 14.0 Å². The van der Waals surface area contributed by atoms with Gasteiger partial charge < -0.3 is 0 Å². The Labute approximate surface area is 139 Å². The van der Waals surface area contributed by atoms with E-state index in [1.165, 1.54) is 0 Å². The number of allylic oxidation sites excluding steroid dienone is 8. The van der Waals surface area contributed by atoms with Crippen molar-refractivity contribution in [3.8, 4) is 0 Å². The van der Waals surface area contributed by atoms with Crippen molar-refractivity contribution in [1.82, 2.24) is 0 Å². The molecule has 0 aliphatic heterocycles. The summed E-state index contributed by atoms with van der Waals surface area (Å²) in [7, 11) is 2.35. The maximum atomic E-state index is 2.61. The summed E-state index contributed by atoms with van der Waals surface area (Å²) in [5.41, 5.74) is 3.08. The second-order valence-corrected chi connectivity index (χ2v) is 26.0. The summed E-state index contributed by atoms with van der Waals surface area (Å²) >= 11 is -2.69. The Bertz CT molecular complexity index is 542. The zero-order chi connectivity index (χ0) is 13.7. The minimum absolute atomic E-state index is 0. The van der Waals surface area contributed by atoms with Gasteiger partial charge in [-0.3, -0.25) is 0 Å². The van der Waals surface area contributed by atoms with Gasteiger partial charge in [0.1, 0.15) is 0 Å². The first-order valence-corrected chi connectivity index (χ1v) is 15.7. The molecule has 0 aromatic rings. The molecule has 2 aliphatic rings. The first-order valence-electron chi connectivity index (χ1n) is 7.00. The summed E-state index contributed by atoms with van der Waals surface area (Å²) in [6.07, 6.45) is 9.45. The molecule has 2 aliphatic carbocycles. The molecule has 2 rings (SSSR count). The fourth-order valence-electron chi connectivity index (χ4n) is 4.54. The molecule has 0 bridgehead atoms. The Morgan fingerprint density at radius 1 is 0.850 bits per heavy atom. The Balaban J connectivity index is 0.00000180. The van der Waals surface area contributed by atoms with E-state index in [-0.39, 0.29) is 24.8 Å². The van der Waals surface area contributed by atoms with Crippen molar-refractivity contribution in [2.45, 2.75) is 38.2 Å². The largest absolute Gasteiger partial charge is 0.147 e. The number of rotatable bonds is 2. The summed E-state index contributed by atoms with van der Waals surface area (Å²) < 4.78 is 3.57. The third kappa shape index (κ3) is 3.13. The molecule has 114 valence electrons. The van der Waals surface area contributed by atoms with Crippen molar-refractivity contribution >= 4 is 32.4 Å². The van der Waals surface area contributed by atoms with Crippen molar-refractivity contribution in [2.24, 2.45) is 11.8 Å². The quantitative estimate of drug-likeness (QED) is 0.594. The van der Waals surface area contributed by atoms with E-state index in [2.05, 4.69) is 70.1 Å². The molecule has 0 heterocycles. The van der Waals surface area contributed by atoms with Gasteiger partial charge in [0.05, 0.1) is 0 Å². The van der Waals surface area contributed by atoms with Crippen LogP contribution in [0.15, 0.2) is 43.2 Å². The summed E-state index contributed by atoms with van der Waals surface area (Å²) in [4.78, 5) is 0. The summed E-state index contributed by atoms with van der Waals surface area (Å²) in [6.45, 7) is 9.36. The topological polar surface area (TPSA) is 0 Å². The second-order valence-electron chi connectivity index (χ2n) is 7.17. The first kappa shape index (κ1) is 20.5. The third-order valence-electron chi connectivity index (χ3n) is 4.76. The predicted molar refractivity (Wildman–Crippen MR) is 96.8 cm³/mol. The average Bonchev–Trinajstić information content (AvgIpc) is 2.70. The van der Waals surface area contributed by atoms with Crippen LogP contribution in [0.5, 0.6) is 0 Å². The molecular weight excluding hydrogens is 339 g/mol. The fourth-order valence-corrected chi connectivity index (χ4v) is 19.0. The van der Waals surface area contributed by atoms with Gasteiger partial charge in [-0.15, -0.1) is 24.8 Å². The van der Waals surface area contributed by atoms with Crippen molar-refractivity contribution in [2.75, 3.05) is 0 Å². The SMILES string of the molecule is CC1=[C]([Ti]([CH3])([CH3])(=[SiH2])[C]2=C(C)C=CC2C)C(C)C=C1.Cl.Cl. The zero-order valence-electron chi connectivity index (χ0n) is 13.5. The number of hydrogen-bond acceptors (Lipinski definition) is 0. The van der Waals surface area contributed by atoms with E-state index in [0.717, 1.165) is 0 Å². The second kappa shape index (κ2) is 6.30. The molecule has 0 nitrogen and oxygen atoms in total. The molecule has 0 saturated carbocycles. The van der Waals surface area contributed by atoms with Crippen LogP contribution in [0.2, 0.25) is 10.5 Å². The van der Waals surface area contributed by atoms with Crippen LogP contribution in [0, 0.1) is 11.8 Å². The van der Waals surface area contributed by atoms with E-state index in [4.69, 9.17) is 0 Å². The van der Waals surface area contributed by atoms with Crippen molar-refractivity contribution in [3.05, 3.63) is 43.2 Å². The Kier molecular flexibility index (Phi) is 6.45. The molecule has 0 spiro atoms. The number of hydrogen-bond donors (Lipinski definition) is 0. The van der Waals surface area contributed by atoms with Crippen LogP contribution < -0.4 is 0 Å². The maximum Gasteiger partial charge on any atom is -0.147 e. The molecule has 0 fully saturated rings. The van der Waals surface area contributed by atoms with Gasteiger partial charge in [0.25, 0.3) is 0 Å². The van der Waals surface area contributed by atoms with Gasteiger partial charge in [-0.2, -0.15) is 0 Å². The molecular formula is C16H28Cl2SiTi. The van der Waals surface area contributed by atoms with E-state index >= 15 is 0 Å². The van der Waals surface area contributed by atoms with Crippen molar-refractivity contribution in [1.29, 1.82) is 0 Å². The molecule has 4 heteroatoms. The standard InChI is InChI=1S/2C7H9.2CH3.2ClH.H2Si.Ti/c2*1-6-3-4-7(2)5-6;;;;;;/h2*3-4,6H,1-2H3;2*1H3;2*1H;1H2;. The van der Waals surface area contributed by atoms with Crippen LogP contribution in [0.3, 0.4) is 0 Å². The zero-order valence-corrected chi connectivity index (χ0v) is 18.1. The van der Waals surface area contributed by atoms with Crippen molar-refractivity contribution in [3.63, 3.8) is 0 Å². The molecule has 0 saturated heterocycles. The van der Waals surface area contributed by atoms with E-state index < -0.39 is 14.0 Å². The smallest absolute Gasteiger partial charge is 0.147 e. The summed E-state index contributed by atoms with van der Waals surface area (Å²) in [5, 5.41) is 5.22. The average molecular weight is 367 g/mol. The Morgan fingerprint density at radius 2 is 1.15 bits per heavy atom. The monoisotopic (exact) mass is 366 g/mol. The molecule has 0 amide bonds. The van der Waals surface area contributed by atoms with E-state index in [9.17, 15) is 0 Å². The molecule has 0 N–H and O–H groups in total. The normalized spacial score (nSPS) is 25.9. The van der Waals surface area contributed by atoms with Crippen LogP contribution in [0.1, 0.15) is 27.7 Å². The molecule has 20 heavy (non-hydrogen) atoms. The third-order valence-corrected chi connectivity index (χ3v) is 15.9. The minimum Gasteiger partial charge on any atom is -0.147 e. The van der Waals surface area contributed by atoms with E-state index in [0.29, 0.717) is 11.8 Å². The van der Waals surface area contributed by atoms with Gasteiger partial charge in [0.15, 0.2) is 0 Å². The number of halogens is 2. The van der Waals surface area contributed by atoms with Gasteiger partial charge in [-0.1, -0.05) is 0 Å². The first-order chi connectivity index (χ1) is 8.13. The summed E-state index contributed by atoms with van der Waals surface area (Å²) in [5.74, 6) is 1.28. The van der Waals surface area contributed by atoms with Gasteiger partial charge in [0, 0.05) is 0 Å². The molecule has 0 aromatic heterocycles. The maximum absolute atomic E-state index is 2.69. The van der Waals surface area contributed by atoms with Gasteiger partial charge in [-0.25, -0.2) is 0 Å². The molecule has 0 radical (unpaired) electrons. The Morgan fingerprint density at radius 3 is 1.35 bits per heavy atom. The minimum atomic E-state index is -2.69. The molecule has 0 aromatic carbocycles. The summed E-state index contributed by atoms with van der Waals surface area (Å²) in [6, 6.07) is 0.